The van der Waals surface area contributed by atoms with Gasteiger partial charge in [-0.15, -0.1) is 0 Å². The molecular weight excluding hydrogens is 383 g/mol. The molecule has 0 aromatic heterocycles. The number of hydrogen-bond donors (Lipinski definition) is 2. The van der Waals surface area contributed by atoms with Crippen LogP contribution in [0, 0.1) is 5.82 Å². The standard InChI is InChI=1S/C21H16ClFN2O3/c22-18-12-16(8-11-19(18)23)25-21(27)20(26)24-15-6-9-17(10-7-15)28-13-14-4-2-1-3-5-14/h1-12H,13H2,(H,24,26)(H,25,27). The summed E-state index contributed by atoms with van der Waals surface area (Å²) in [5.41, 5.74) is 1.69. The van der Waals surface area contributed by atoms with E-state index >= 15 is 0 Å². The monoisotopic (exact) mass is 398 g/mol. The normalized spacial score (nSPS) is 10.2. The van der Waals surface area contributed by atoms with Crippen molar-refractivity contribution in [3.8, 4) is 5.75 Å². The maximum Gasteiger partial charge on any atom is 0.314 e. The van der Waals surface area contributed by atoms with E-state index in [9.17, 15) is 14.0 Å². The van der Waals surface area contributed by atoms with Gasteiger partial charge in [0.25, 0.3) is 0 Å². The maximum atomic E-state index is 13.1. The minimum absolute atomic E-state index is 0.149. The van der Waals surface area contributed by atoms with Crippen LogP contribution in [0.15, 0.2) is 72.8 Å². The van der Waals surface area contributed by atoms with Gasteiger partial charge in [0.2, 0.25) is 0 Å². The second-order valence-electron chi connectivity index (χ2n) is 5.84. The zero-order valence-electron chi connectivity index (χ0n) is 14.6. The summed E-state index contributed by atoms with van der Waals surface area (Å²) in [4.78, 5) is 24.0. The van der Waals surface area contributed by atoms with Gasteiger partial charge in [0.15, 0.2) is 0 Å². The Morgan fingerprint density at radius 3 is 2.11 bits per heavy atom. The molecule has 0 aliphatic rings. The Morgan fingerprint density at radius 2 is 1.46 bits per heavy atom. The van der Waals surface area contributed by atoms with Crippen LogP contribution in [0.3, 0.4) is 0 Å². The molecule has 2 amide bonds. The van der Waals surface area contributed by atoms with Crippen molar-refractivity contribution < 1.29 is 18.7 Å². The molecule has 0 bridgehead atoms. The summed E-state index contributed by atoms with van der Waals surface area (Å²) >= 11 is 5.65. The second kappa shape index (κ2) is 9.01. The lowest BCUT2D eigenvalue weighted by Gasteiger charge is -2.09. The first-order valence-electron chi connectivity index (χ1n) is 8.35. The molecule has 2 N–H and O–H groups in total. The van der Waals surface area contributed by atoms with Crippen molar-refractivity contribution in [3.05, 3.63) is 89.2 Å². The quantitative estimate of drug-likeness (QED) is 0.615. The number of halogens is 2. The smallest absolute Gasteiger partial charge is 0.314 e. The highest BCUT2D eigenvalue weighted by Crippen LogP contribution is 2.20. The molecule has 28 heavy (non-hydrogen) atoms. The van der Waals surface area contributed by atoms with Gasteiger partial charge in [0.05, 0.1) is 5.02 Å². The van der Waals surface area contributed by atoms with Crippen LogP contribution in [0.5, 0.6) is 5.75 Å². The third-order valence-electron chi connectivity index (χ3n) is 3.74. The third kappa shape index (κ3) is 5.31. The Morgan fingerprint density at radius 1 is 0.857 bits per heavy atom. The summed E-state index contributed by atoms with van der Waals surface area (Å²) in [6.07, 6.45) is 0. The molecule has 0 atom stereocenters. The number of benzene rings is 3. The van der Waals surface area contributed by atoms with Gasteiger partial charge in [-0.2, -0.15) is 0 Å². The van der Waals surface area contributed by atoms with Gasteiger partial charge in [-0.05, 0) is 48.0 Å². The van der Waals surface area contributed by atoms with Crippen molar-refractivity contribution in [2.45, 2.75) is 6.61 Å². The summed E-state index contributed by atoms with van der Waals surface area (Å²) in [6.45, 7) is 0.426. The van der Waals surface area contributed by atoms with E-state index in [1.807, 2.05) is 30.3 Å². The van der Waals surface area contributed by atoms with E-state index in [2.05, 4.69) is 10.6 Å². The van der Waals surface area contributed by atoms with Crippen LogP contribution in [0.4, 0.5) is 15.8 Å². The lowest BCUT2D eigenvalue weighted by molar-refractivity contribution is -0.132. The highest BCUT2D eigenvalue weighted by atomic mass is 35.5. The molecule has 0 aliphatic carbocycles. The van der Waals surface area contributed by atoms with Crippen molar-refractivity contribution in [1.82, 2.24) is 0 Å². The molecule has 7 heteroatoms. The summed E-state index contributed by atoms with van der Waals surface area (Å²) in [7, 11) is 0. The van der Waals surface area contributed by atoms with Crippen molar-refractivity contribution in [1.29, 1.82) is 0 Å². The Bertz CT molecular complexity index is 979. The number of ether oxygens (including phenoxy) is 1. The Balaban J connectivity index is 1.53. The first-order valence-corrected chi connectivity index (χ1v) is 8.73. The fourth-order valence-electron chi connectivity index (χ4n) is 2.33. The van der Waals surface area contributed by atoms with Gasteiger partial charge in [-0.3, -0.25) is 9.59 Å². The number of hydrogen-bond acceptors (Lipinski definition) is 3. The van der Waals surface area contributed by atoms with E-state index in [0.717, 1.165) is 11.6 Å². The Labute approximate surface area is 166 Å². The number of nitrogens with one attached hydrogen (secondary N) is 2. The molecule has 3 aromatic carbocycles. The van der Waals surface area contributed by atoms with Gasteiger partial charge in [0.1, 0.15) is 18.2 Å². The lowest BCUT2D eigenvalue weighted by atomic mass is 10.2. The highest BCUT2D eigenvalue weighted by molar-refractivity contribution is 6.43. The van der Waals surface area contributed by atoms with Gasteiger partial charge < -0.3 is 15.4 Å². The minimum Gasteiger partial charge on any atom is -0.489 e. The first-order chi connectivity index (χ1) is 13.5. The molecule has 0 unspecified atom stereocenters. The van der Waals surface area contributed by atoms with E-state index in [4.69, 9.17) is 16.3 Å². The van der Waals surface area contributed by atoms with Gasteiger partial charge in [-0.25, -0.2) is 4.39 Å². The van der Waals surface area contributed by atoms with Crippen LogP contribution in [-0.2, 0) is 16.2 Å². The fraction of sp³-hybridized carbons (Fsp3) is 0.0476. The molecule has 0 heterocycles. The zero-order valence-corrected chi connectivity index (χ0v) is 15.4. The molecule has 0 spiro atoms. The van der Waals surface area contributed by atoms with Crippen molar-refractivity contribution >= 4 is 34.8 Å². The zero-order chi connectivity index (χ0) is 19.9. The number of carbonyl (C=O) groups is 2. The van der Waals surface area contributed by atoms with Gasteiger partial charge >= 0.3 is 11.8 Å². The van der Waals surface area contributed by atoms with Crippen LogP contribution in [0.2, 0.25) is 5.02 Å². The van der Waals surface area contributed by atoms with Crippen molar-refractivity contribution in [2.24, 2.45) is 0 Å². The van der Waals surface area contributed by atoms with E-state index < -0.39 is 17.6 Å². The van der Waals surface area contributed by atoms with Crippen LogP contribution < -0.4 is 15.4 Å². The first kappa shape index (κ1) is 19.4. The van der Waals surface area contributed by atoms with Crippen molar-refractivity contribution in [2.75, 3.05) is 10.6 Å². The Hall–Kier alpha value is -3.38. The summed E-state index contributed by atoms with van der Waals surface area (Å²) in [6, 6.07) is 20.0. The van der Waals surface area contributed by atoms with E-state index in [-0.39, 0.29) is 10.7 Å². The van der Waals surface area contributed by atoms with Crippen LogP contribution >= 0.6 is 11.6 Å². The summed E-state index contributed by atoms with van der Waals surface area (Å²) in [5, 5.41) is 4.68. The number of anilines is 2. The molecule has 0 saturated heterocycles. The molecule has 0 saturated carbocycles. The van der Waals surface area contributed by atoms with Gasteiger partial charge in [0, 0.05) is 11.4 Å². The van der Waals surface area contributed by atoms with Crippen LogP contribution in [0.25, 0.3) is 0 Å². The van der Waals surface area contributed by atoms with Crippen LogP contribution in [0.1, 0.15) is 5.56 Å². The van der Waals surface area contributed by atoms with E-state index in [0.29, 0.717) is 18.0 Å². The number of amides is 2. The maximum absolute atomic E-state index is 13.1. The molecule has 0 fully saturated rings. The fourth-order valence-corrected chi connectivity index (χ4v) is 2.51. The Kier molecular flexibility index (Phi) is 6.24. The summed E-state index contributed by atoms with van der Waals surface area (Å²) in [5.74, 6) is -1.74. The second-order valence-corrected chi connectivity index (χ2v) is 6.24. The predicted octanol–water partition coefficient (Wildman–Crippen LogP) is 4.64. The highest BCUT2D eigenvalue weighted by Gasteiger charge is 2.14. The topological polar surface area (TPSA) is 67.4 Å². The van der Waals surface area contributed by atoms with Crippen molar-refractivity contribution in [3.63, 3.8) is 0 Å². The predicted molar refractivity (Wildman–Crippen MR) is 106 cm³/mol. The number of carbonyl (C=O) groups excluding carboxylic acids is 2. The average molecular weight is 399 g/mol. The molecule has 3 rings (SSSR count). The lowest BCUT2D eigenvalue weighted by Crippen LogP contribution is -2.29. The molecule has 5 nitrogen and oxygen atoms in total. The average Bonchev–Trinajstić information content (AvgIpc) is 2.71. The molecular formula is C21H16ClFN2O3. The van der Waals surface area contributed by atoms with E-state index in [1.165, 1.54) is 12.1 Å². The minimum atomic E-state index is -0.896. The third-order valence-corrected chi connectivity index (χ3v) is 4.03. The molecule has 0 aliphatic heterocycles. The largest absolute Gasteiger partial charge is 0.489 e. The van der Waals surface area contributed by atoms with Gasteiger partial charge in [-0.1, -0.05) is 41.9 Å². The number of rotatable bonds is 5. The molecule has 3 aromatic rings. The van der Waals surface area contributed by atoms with Crippen LogP contribution in [-0.4, -0.2) is 11.8 Å². The molecule has 142 valence electrons. The van der Waals surface area contributed by atoms with E-state index in [1.54, 1.807) is 24.3 Å². The SMILES string of the molecule is O=C(Nc1ccc(OCc2ccccc2)cc1)C(=O)Nc1ccc(F)c(Cl)c1. The summed E-state index contributed by atoms with van der Waals surface area (Å²) < 4.78 is 18.8. The molecule has 0 radical (unpaired) electrons.